The second-order valence-corrected chi connectivity index (χ2v) is 10.1. The second kappa shape index (κ2) is 11.4. The largest absolute Gasteiger partial charge is 0.493 e. The molecule has 7 heteroatoms. The lowest BCUT2D eigenvalue weighted by atomic mass is 10.1. The molecule has 0 atom stereocenters. The van der Waals surface area contributed by atoms with Crippen LogP contribution in [0.25, 0.3) is 33.1 Å². The maximum absolute atomic E-state index is 6.26. The molecule has 2 aromatic heterocycles. The van der Waals surface area contributed by atoms with Gasteiger partial charge in [0, 0.05) is 60.3 Å². The van der Waals surface area contributed by atoms with Gasteiger partial charge in [0.15, 0.2) is 11.5 Å². The van der Waals surface area contributed by atoms with E-state index >= 15 is 0 Å². The van der Waals surface area contributed by atoms with Crippen molar-refractivity contribution >= 4 is 21.8 Å². The molecule has 0 saturated carbocycles. The van der Waals surface area contributed by atoms with Gasteiger partial charge in [-0.2, -0.15) is 0 Å². The lowest BCUT2D eigenvalue weighted by Crippen LogP contribution is -2.37. The van der Waals surface area contributed by atoms with Crippen LogP contribution < -0.4 is 9.47 Å². The van der Waals surface area contributed by atoms with Gasteiger partial charge in [-0.1, -0.05) is 48.0 Å². The normalized spacial score (nSPS) is 14.2. The first-order valence-electron chi connectivity index (χ1n) is 13.6. The number of para-hydroxylation sites is 1. The van der Waals surface area contributed by atoms with Gasteiger partial charge in [-0.15, -0.1) is 0 Å². The average Bonchev–Trinajstić information content (AvgIpc) is 3.33. The third kappa shape index (κ3) is 5.46. The number of ether oxygens (including phenoxy) is 3. The van der Waals surface area contributed by atoms with Gasteiger partial charge >= 0.3 is 0 Å². The van der Waals surface area contributed by atoms with Crippen LogP contribution in [-0.4, -0.2) is 66.0 Å². The highest BCUT2D eigenvalue weighted by molar-refractivity contribution is 6.03. The number of nitrogens with zero attached hydrogens (tertiary/aromatic N) is 4. The van der Waals surface area contributed by atoms with Crippen molar-refractivity contribution < 1.29 is 14.2 Å². The van der Waals surface area contributed by atoms with E-state index in [0.29, 0.717) is 18.1 Å². The topological polar surface area (TPSA) is 61.6 Å². The summed E-state index contributed by atoms with van der Waals surface area (Å²) in [5, 5.41) is 2.11. The maximum Gasteiger partial charge on any atom is 0.162 e. The van der Waals surface area contributed by atoms with Crippen molar-refractivity contribution in [3.8, 4) is 22.8 Å². The molecule has 0 N–H and O–H groups in total. The highest BCUT2D eigenvalue weighted by Crippen LogP contribution is 2.38. The van der Waals surface area contributed by atoms with Crippen molar-refractivity contribution in [1.29, 1.82) is 0 Å². The molecule has 0 radical (unpaired) electrons. The Bertz CT molecular complexity index is 1590. The quantitative estimate of drug-likeness (QED) is 0.231. The van der Waals surface area contributed by atoms with Crippen molar-refractivity contribution in [2.24, 2.45) is 0 Å². The van der Waals surface area contributed by atoms with Gasteiger partial charge in [0.1, 0.15) is 6.33 Å². The van der Waals surface area contributed by atoms with Gasteiger partial charge in [-0.3, -0.25) is 4.90 Å². The predicted octanol–water partition coefficient (Wildman–Crippen LogP) is 5.72. The first-order chi connectivity index (χ1) is 19.2. The van der Waals surface area contributed by atoms with E-state index in [1.54, 1.807) is 13.4 Å². The van der Waals surface area contributed by atoms with Crippen LogP contribution in [-0.2, 0) is 11.3 Å². The van der Waals surface area contributed by atoms with Crippen LogP contribution in [0.1, 0.15) is 17.5 Å². The van der Waals surface area contributed by atoms with Crippen molar-refractivity contribution in [1.82, 2.24) is 19.4 Å². The molecule has 7 nitrogen and oxygen atoms in total. The van der Waals surface area contributed by atoms with Crippen molar-refractivity contribution in [3.63, 3.8) is 0 Å². The highest BCUT2D eigenvalue weighted by Gasteiger charge is 2.17. The summed E-state index contributed by atoms with van der Waals surface area (Å²) >= 11 is 0. The third-order valence-electron chi connectivity index (χ3n) is 7.38. The van der Waals surface area contributed by atoms with Crippen LogP contribution in [0.4, 0.5) is 0 Å². The van der Waals surface area contributed by atoms with Crippen LogP contribution in [0, 0.1) is 6.92 Å². The molecule has 39 heavy (non-hydrogen) atoms. The maximum atomic E-state index is 6.26. The van der Waals surface area contributed by atoms with E-state index in [4.69, 9.17) is 19.2 Å². The summed E-state index contributed by atoms with van der Waals surface area (Å²) in [4.78, 5) is 11.8. The van der Waals surface area contributed by atoms with Gasteiger partial charge < -0.3 is 18.8 Å². The fraction of sp³-hybridized carbons (Fsp3) is 0.312. The molecule has 1 fully saturated rings. The van der Waals surface area contributed by atoms with Gasteiger partial charge in [0.05, 0.1) is 38.1 Å². The molecule has 1 aliphatic heterocycles. The Morgan fingerprint density at radius 1 is 0.923 bits per heavy atom. The summed E-state index contributed by atoms with van der Waals surface area (Å²) in [6.07, 6.45) is 4.78. The first-order valence-corrected chi connectivity index (χ1v) is 13.6. The lowest BCUT2D eigenvalue weighted by molar-refractivity contribution is 0.0357. The van der Waals surface area contributed by atoms with Crippen molar-refractivity contribution in [3.05, 3.63) is 84.3 Å². The Morgan fingerprint density at radius 3 is 2.64 bits per heavy atom. The Morgan fingerprint density at radius 2 is 1.79 bits per heavy atom. The molecule has 0 spiro atoms. The van der Waals surface area contributed by atoms with Crippen LogP contribution in [0.15, 0.2) is 73.2 Å². The van der Waals surface area contributed by atoms with Gasteiger partial charge in [-0.25, -0.2) is 9.97 Å². The van der Waals surface area contributed by atoms with Gasteiger partial charge in [0.25, 0.3) is 0 Å². The zero-order valence-corrected chi connectivity index (χ0v) is 22.6. The molecule has 3 aromatic carbocycles. The summed E-state index contributed by atoms with van der Waals surface area (Å²) in [6, 6.07) is 21.1. The van der Waals surface area contributed by atoms with E-state index in [0.717, 1.165) is 73.4 Å². The number of fused-ring (bicyclic) bond motifs is 2. The van der Waals surface area contributed by atoms with E-state index in [2.05, 4.69) is 76.1 Å². The number of aryl methyl sites for hydroxylation is 1. The van der Waals surface area contributed by atoms with Crippen LogP contribution in [0.2, 0.25) is 0 Å². The second-order valence-electron chi connectivity index (χ2n) is 10.1. The minimum Gasteiger partial charge on any atom is -0.493 e. The number of hydrogen-bond acceptors (Lipinski definition) is 6. The monoisotopic (exact) mass is 522 g/mol. The van der Waals surface area contributed by atoms with E-state index in [-0.39, 0.29) is 0 Å². The number of aromatic nitrogens is 3. The average molecular weight is 523 g/mol. The number of morpholine rings is 1. The number of hydrogen-bond donors (Lipinski definition) is 0. The third-order valence-corrected chi connectivity index (χ3v) is 7.38. The lowest BCUT2D eigenvalue weighted by Gasteiger charge is -2.26. The zero-order chi connectivity index (χ0) is 26.6. The molecular formula is C32H34N4O3. The smallest absolute Gasteiger partial charge is 0.162 e. The summed E-state index contributed by atoms with van der Waals surface area (Å²) in [5.74, 6) is 1.40. The number of methoxy groups -OCH3 is 1. The molecule has 1 aliphatic rings. The molecule has 0 aliphatic carbocycles. The molecule has 6 rings (SSSR count). The standard InChI is InChI=1S/C32H34N4O3/c1-23-7-5-8-24(17-23)20-36-21-27(25-9-3-4-10-29(25)36)32-26-18-31(30(37-2)19-28(26)33-22-34-32)39-14-6-11-35-12-15-38-16-13-35/h3-5,7-10,17-19,21-22H,6,11-16,20H2,1-2H3. The molecule has 0 amide bonds. The van der Waals surface area contributed by atoms with Crippen LogP contribution in [0.3, 0.4) is 0 Å². The summed E-state index contributed by atoms with van der Waals surface area (Å²) in [6.45, 7) is 8.11. The fourth-order valence-electron chi connectivity index (χ4n) is 5.42. The summed E-state index contributed by atoms with van der Waals surface area (Å²) in [5.41, 5.74) is 6.50. The Hall–Kier alpha value is -3.94. The van der Waals surface area contributed by atoms with E-state index in [1.807, 2.05) is 12.1 Å². The number of rotatable bonds is 9. The van der Waals surface area contributed by atoms with E-state index in [9.17, 15) is 0 Å². The van der Waals surface area contributed by atoms with Crippen LogP contribution in [0.5, 0.6) is 11.5 Å². The Kier molecular flexibility index (Phi) is 7.43. The highest BCUT2D eigenvalue weighted by atomic mass is 16.5. The van der Waals surface area contributed by atoms with Crippen LogP contribution >= 0.6 is 0 Å². The minimum atomic E-state index is 0.609. The predicted molar refractivity (Wildman–Crippen MR) is 155 cm³/mol. The summed E-state index contributed by atoms with van der Waals surface area (Å²) < 4.78 is 19.7. The SMILES string of the molecule is COc1cc2ncnc(-c3cn(Cc4cccc(C)c4)c4ccccc34)c2cc1OCCCN1CCOCC1. The first kappa shape index (κ1) is 25.3. The van der Waals surface area contributed by atoms with Crippen molar-refractivity contribution in [2.45, 2.75) is 19.9 Å². The van der Waals surface area contributed by atoms with E-state index < -0.39 is 0 Å². The summed E-state index contributed by atoms with van der Waals surface area (Å²) in [7, 11) is 1.67. The molecule has 1 saturated heterocycles. The van der Waals surface area contributed by atoms with Gasteiger partial charge in [0.2, 0.25) is 0 Å². The van der Waals surface area contributed by atoms with Crippen molar-refractivity contribution in [2.75, 3.05) is 46.6 Å². The molecule has 0 bridgehead atoms. The number of benzene rings is 3. The Labute approximate surface area is 229 Å². The van der Waals surface area contributed by atoms with E-state index in [1.165, 1.54) is 16.6 Å². The molecule has 5 aromatic rings. The van der Waals surface area contributed by atoms with Gasteiger partial charge in [-0.05, 0) is 31.0 Å². The molecule has 200 valence electrons. The zero-order valence-electron chi connectivity index (χ0n) is 22.6. The molecule has 3 heterocycles. The molecular weight excluding hydrogens is 488 g/mol. The Balaban J connectivity index is 1.33. The fourth-order valence-corrected chi connectivity index (χ4v) is 5.42. The molecule has 0 unspecified atom stereocenters. The minimum absolute atomic E-state index is 0.609.